The number of halogens is 1. The zero-order valence-electron chi connectivity index (χ0n) is 10.7. The smallest absolute Gasteiger partial charge is 0.240 e. The molecule has 0 fully saturated rings. The van der Waals surface area contributed by atoms with E-state index in [0.29, 0.717) is 22.9 Å². The van der Waals surface area contributed by atoms with Gasteiger partial charge in [-0.05, 0) is 17.5 Å². The predicted molar refractivity (Wildman–Crippen MR) is 74.5 cm³/mol. The van der Waals surface area contributed by atoms with E-state index in [1.165, 1.54) is 0 Å². The van der Waals surface area contributed by atoms with Gasteiger partial charge in [0.1, 0.15) is 14.5 Å². The maximum atomic E-state index is 12.8. The standard InChI is InChI=1S/C13H12BFN4O/c14-9-2-1-3-10-8(9)6-11(19(10)5-4-15)13-17-12(7-16)20-18-13/h1-3,6H,4-5,7,16H2. The molecule has 0 aliphatic heterocycles. The van der Waals surface area contributed by atoms with Crippen LogP contribution in [-0.2, 0) is 13.1 Å². The number of rotatable bonds is 4. The van der Waals surface area contributed by atoms with Gasteiger partial charge in [0.2, 0.25) is 11.7 Å². The normalized spacial score (nSPS) is 11.3. The number of nitrogens with zero attached hydrogens (tertiary/aromatic N) is 3. The molecule has 0 unspecified atom stereocenters. The van der Waals surface area contributed by atoms with Crippen LogP contribution in [0.1, 0.15) is 5.89 Å². The van der Waals surface area contributed by atoms with Crippen molar-refractivity contribution in [1.29, 1.82) is 0 Å². The van der Waals surface area contributed by atoms with Gasteiger partial charge in [-0.15, -0.1) is 0 Å². The lowest BCUT2D eigenvalue weighted by Gasteiger charge is -2.05. The number of alkyl halides is 1. The lowest BCUT2D eigenvalue weighted by molar-refractivity contribution is 0.380. The molecule has 0 amide bonds. The van der Waals surface area contributed by atoms with Crippen LogP contribution in [0.4, 0.5) is 4.39 Å². The summed E-state index contributed by atoms with van der Waals surface area (Å²) in [6.07, 6.45) is 0. The van der Waals surface area contributed by atoms with Gasteiger partial charge in [-0.25, -0.2) is 4.39 Å². The van der Waals surface area contributed by atoms with Crippen LogP contribution < -0.4 is 11.2 Å². The first-order valence-corrected chi connectivity index (χ1v) is 6.21. The Morgan fingerprint density at radius 2 is 2.25 bits per heavy atom. The van der Waals surface area contributed by atoms with E-state index in [9.17, 15) is 4.39 Å². The molecule has 0 atom stereocenters. The number of hydrogen-bond donors (Lipinski definition) is 1. The molecule has 100 valence electrons. The van der Waals surface area contributed by atoms with Gasteiger partial charge in [0.25, 0.3) is 0 Å². The summed E-state index contributed by atoms with van der Waals surface area (Å²) in [6.45, 7) is -0.125. The lowest BCUT2D eigenvalue weighted by Crippen LogP contribution is -2.05. The first-order chi connectivity index (χ1) is 9.74. The molecule has 3 rings (SSSR count). The van der Waals surface area contributed by atoms with E-state index in [2.05, 4.69) is 10.1 Å². The van der Waals surface area contributed by atoms with Crippen molar-refractivity contribution in [3.63, 3.8) is 0 Å². The topological polar surface area (TPSA) is 69.9 Å². The van der Waals surface area contributed by atoms with Crippen LogP contribution in [0, 0.1) is 0 Å². The number of fused-ring (bicyclic) bond motifs is 1. The van der Waals surface area contributed by atoms with Crippen LogP contribution in [0.5, 0.6) is 0 Å². The van der Waals surface area contributed by atoms with Gasteiger partial charge < -0.3 is 14.8 Å². The maximum Gasteiger partial charge on any atom is 0.240 e. The van der Waals surface area contributed by atoms with E-state index in [1.807, 2.05) is 18.2 Å². The minimum Gasteiger partial charge on any atom is -0.338 e. The summed E-state index contributed by atoms with van der Waals surface area (Å²) in [5, 5.41) is 4.72. The third kappa shape index (κ3) is 2.00. The quantitative estimate of drug-likeness (QED) is 0.715. The molecule has 2 N–H and O–H groups in total. The lowest BCUT2D eigenvalue weighted by atomic mass is 9.92. The molecule has 20 heavy (non-hydrogen) atoms. The Morgan fingerprint density at radius 1 is 1.40 bits per heavy atom. The SMILES string of the molecule is [B]c1cccc2c1cc(-c1noc(CN)n1)n2CCF. The fourth-order valence-corrected chi connectivity index (χ4v) is 2.26. The van der Waals surface area contributed by atoms with Gasteiger partial charge in [-0.2, -0.15) is 4.98 Å². The van der Waals surface area contributed by atoms with E-state index in [0.717, 1.165) is 10.9 Å². The van der Waals surface area contributed by atoms with Crippen LogP contribution in [0.2, 0.25) is 0 Å². The average Bonchev–Trinajstić information content (AvgIpc) is 3.05. The second-order valence-corrected chi connectivity index (χ2v) is 4.37. The molecule has 2 aromatic heterocycles. The molecule has 7 heteroatoms. The van der Waals surface area contributed by atoms with Gasteiger partial charge in [0.15, 0.2) is 0 Å². The Balaban J connectivity index is 2.23. The Bertz CT molecular complexity index is 752. The number of aromatic nitrogens is 3. The molecule has 5 nitrogen and oxygen atoms in total. The van der Waals surface area contributed by atoms with E-state index >= 15 is 0 Å². The van der Waals surface area contributed by atoms with Crippen molar-refractivity contribution in [2.45, 2.75) is 13.1 Å². The first kappa shape index (κ1) is 12.9. The highest BCUT2D eigenvalue weighted by Gasteiger charge is 2.16. The molecule has 0 aliphatic rings. The van der Waals surface area contributed by atoms with E-state index in [1.54, 1.807) is 10.6 Å². The number of hydrogen-bond acceptors (Lipinski definition) is 4. The van der Waals surface area contributed by atoms with Crippen molar-refractivity contribution in [1.82, 2.24) is 14.7 Å². The van der Waals surface area contributed by atoms with Crippen molar-refractivity contribution in [3.8, 4) is 11.5 Å². The van der Waals surface area contributed by atoms with Crippen molar-refractivity contribution < 1.29 is 8.91 Å². The second-order valence-electron chi connectivity index (χ2n) is 4.37. The Hall–Kier alpha value is -2.15. The van der Waals surface area contributed by atoms with Gasteiger partial charge in [-0.1, -0.05) is 22.8 Å². The summed E-state index contributed by atoms with van der Waals surface area (Å²) in [6, 6.07) is 7.35. The minimum atomic E-state index is -0.493. The highest BCUT2D eigenvalue weighted by atomic mass is 19.1. The highest BCUT2D eigenvalue weighted by molar-refractivity contribution is 6.38. The molecule has 0 saturated carbocycles. The van der Waals surface area contributed by atoms with Gasteiger partial charge >= 0.3 is 0 Å². The zero-order chi connectivity index (χ0) is 14.1. The second kappa shape index (κ2) is 5.09. The van der Waals surface area contributed by atoms with E-state index in [-0.39, 0.29) is 13.1 Å². The predicted octanol–water partition coefficient (Wildman–Crippen LogP) is 0.913. The van der Waals surface area contributed by atoms with Crippen LogP contribution in [0.15, 0.2) is 28.8 Å². The van der Waals surface area contributed by atoms with Crippen LogP contribution in [-0.4, -0.2) is 29.2 Å². The molecule has 0 aliphatic carbocycles. The van der Waals surface area contributed by atoms with Crippen LogP contribution in [0.25, 0.3) is 22.4 Å². The third-order valence-electron chi connectivity index (χ3n) is 3.16. The summed E-state index contributed by atoms with van der Waals surface area (Å²) >= 11 is 0. The summed E-state index contributed by atoms with van der Waals surface area (Å²) < 4.78 is 19.6. The molecule has 0 saturated heterocycles. The molecule has 2 radical (unpaired) electrons. The molecule has 1 aromatic carbocycles. The molecular formula is C13H12BFN4O. The summed E-state index contributed by atoms with van der Waals surface area (Å²) in [7, 11) is 5.95. The van der Waals surface area contributed by atoms with E-state index in [4.69, 9.17) is 18.1 Å². The minimum absolute atomic E-state index is 0.165. The third-order valence-corrected chi connectivity index (χ3v) is 3.16. The molecular weight excluding hydrogens is 258 g/mol. The van der Waals surface area contributed by atoms with Crippen molar-refractivity contribution in [2.75, 3.05) is 6.67 Å². The summed E-state index contributed by atoms with van der Waals surface area (Å²) in [5.41, 5.74) is 7.59. The molecule has 0 bridgehead atoms. The van der Waals surface area contributed by atoms with Gasteiger partial charge in [0, 0.05) is 5.52 Å². The maximum absolute atomic E-state index is 12.8. The molecule has 3 aromatic rings. The number of nitrogens with two attached hydrogens (primary N) is 1. The van der Waals surface area contributed by atoms with Crippen LogP contribution in [0.3, 0.4) is 0 Å². The zero-order valence-corrected chi connectivity index (χ0v) is 10.7. The van der Waals surface area contributed by atoms with Gasteiger partial charge in [0.05, 0.1) is 18.8 Å². The first-order valence-electron chi connectivity index (χ1n) is 6.21. The number of benzene rings is 1. The van der Waals surface area contributed by atoms with Crippen LogP contribution >= 0.6 is 0 Å². The van der Waals surface area contributed by atoms with E-state index < -0.39 is 6.67 Å². The largest absolute Gasteiger partial charge is 0.338 e. The van der Waals surface area contributed by atoms with Crippen molar-refractivity contribution in [3.05, 3.63) is 30.2 Å². The number of aryl methyl sites for hydroxylation is 1. The highest BCUT2D eigenvalue weighted by Crippen LogP contribution is 2.25. The average molecular weight is 270 g/mol. The Kier molecular flexibility index (Phi) is 3.27. The molecule has 0 spiro atoms. The summed E-state index contributed by atoms with van der Waals surface area (Å²) in [5.74, 6) is 0.722. The van der Waals surface area contributed by atoms with Crippen molar-refractivity contribution in [2.24, 2.45) is 5.73 Å². The fourth-order valence-electron chi connectivity index (χ4n) is 2.26. The van der Waals surface area contributed by atoms with Gasteiger partial charge in [-0.3, -0.25) is 0 Å². The Morgan fingerprint density at radius 3 is 2.95 bits per heavy atom. The fraction of sp³-hybridized carbons (Fsp3) is 0.231. The van der Waals surface area contributed by atoms with Crippen molar-refractivity contribution >= 4 is 24.2 Å². The Labute approximate surface area is 116 Å². The molecule has 2 heterocycles. The summed E-state index contributed by atoms with van der Waals surface area (Å²) in [4.78, 5) is 4.18. The monoisotopic (exact) mass is 270 g/mol.